The molecule has 5 nitrogen and oxygen atoms in total. The highest BCUT2D eigenvalue weighted by atomic mass is 35.5. The number of carbonyl (C=O) groups is 2. The molecule has 0 radical (unpaired) electrons. The van der Waals surface area contributed by atoms with Crippen molar-refractivity contribution in [3.8, 4) is 0 Å². The molecule has 0 bridgehead atoms. The van der Waals surface area contributed by atoms with Crippen LogP contribution in [0.15, 0.2) is 35.5 Å². The van der Waals surface area contributed by atoms with E-state index in [0.29, 0.717) is 22.9 Å². The predicted octanol–water partition coefficient (Wildman–Crippen LogP) is 2.92. The Morgan fingerprint density at radius 2 is 2.00 bits per heavy atom. The molecule has 1 atom stereocenters. The zero-order valence-electron chi connectivity index (χ0n) is 11.9. The summed E-state index contributed by atoms with van der Waals surface area (Å²) in [5.41, 5.74) is 1.68. The monoisotopic (exact) mass is 308 g/mol. The van der Waals surface area contributed by atoms with Crippen LogP contribution >= 0.6 is 11.6 Å². The molecular formula is C15H17ClN2O3. The average molecular weight is 309 g/mol. The third-order valence-electron chi connectivity index (χ3n) is 3.13. The number of carbonyl (C=O) groups excluding carboxylic acids is 2. The number of nitrogens with one attached hydrogen (secondary N) is 2. The summed E-state index contributed by atoms with van der Waals surface area (Å²) in [4.78, 5) is 23.9. The van der Waals surface area contributed by atoms with Gasteiger partial charge in [0.15, 0.2) is 0 Å². The van der Waals surface area contributed by atoms with Crippen molar-refractivity contribution in [3.63, 3.8) is 0 Å². The van der Waals surface area contributed by atoms with E-state index in [2.05, 4.69) is 10.6 Å². The molecule has 0 saturated heterocycles. The summed E-state index contributed by atoms with van der Waals surface area (Å²) >= 11 is 5.87. The maximum Gasteiger partial charge on any atom is 0.338 e. The van der Waals surface area contributed by atoms with Gasteiger partial charge in [0.1, 0.15) is 0 Å². The van der Waals surface area contributed by atoms with Gasteiger partial charge in [0.2, 0.25) is 0 Å². The lowest BCUT2D eigenvalue weighted by atomic mass is 9.96. The fourth-order valence-electron chi connectivity index (χ4n) is 2.14. The molecule has 2 rings (SSSR count). The Balaban J connectivity index is 2.35. The highest BCUT2D eigenvalue weighted by Gasteiger charge is 2.31. The Kier molecular flexibility index (Phi) is 4.85. The molecule has 1 aliphatic rings. The van der Waals surface area contributed by atoms with E-state index in [-0.39, 0.29) is 6.03 Å². The number of hydrogen-bond acceptors (Lipinski definition) is 3. The number of rotatable bonds is 4. The van der Waals surface area contributed by atoms with Crippen LogP contribution in [-0.2, 0) is 9.53 Å². The topological polar surface area (TPSA) is 67.4 Å². The normalized spacial score (nSPS) is 18.0. The summed E-state index contributed by atoms with van der Waals surface area (Å²) in [6.45, 7) is 3.95. The zero-order valence-corrected chi connectivity index (χ0v) is 12.7. The minimum Gasteiger partial charge on any atom is -0.462 e. The van der Waals surface area contributed by atoms with E-state index in [1.807, 2.05) is 6.92 Å². The Labute approximate surface area is 128 Å². The minimum atomic E-state index is -0.541. The molecule has 6 heteroatoms. The largest absolute Gasteiger partial charge is 0.462 e. The van der Waals surface area contributed by atoms with Crippen LogP contribution in [0.5, 0.6) is 0 Å². The molecule has 0 fully saturated rings. The van der Waals surface area contributed by atoms with Gasteiger partial charge in [-0.05, 0) is 31.0 Å². The molecule has 1 aliphatic heterocycles. The number of urea groups is 1. The molecule has 2 N–H and O–H groups in total. The fourth-order valence-corrected chi connectivity index (χ4v) is 2.27. The average Bonchev–Trinajstić information content (AvgIpc) is 2.44. The van der Waals surface area contributed by atoms with E-state index >= 15 is 0 Å². The van der Waals surface area contributed by atoms with Gasteiger partial charge < -0.3 is 15.4 Å². The van der Waals surface area contributed by atoms with Gasteiger partial charge in [-0.3, -0.25) is 0 Å². The summed E-state index contributed by atoms with van der Waals surface area (Å²) in [6, 6.07) is 6.10. The first-order chi connectivity index (χ1) is 10.0. The third-order valence-corrected chi connectivity index (χ3v) is 3.38. The Morgan fingerprint density at radius 3 is 2.62 bits per heavy atom. The smallest absolute Gasteiger partial charge is 0.338 e. The van der Waals surface area contributed by atoms with Gasteiger partial charge in [0.05, 0.1) is 18.2 Å². The van der Waals surface area contributed by atoms with Gasteiger partial charge in [-0.1, -0.05) is 30.7 Å². The van der Waals surface area contributed by atoms with Crippen LogP contribution < -0.4 is 10.6 Å². The van der Waals surface area contributed by atoms with Crippen molar-refractivity contribution < 1.29 is 14.3 Å². The van der Waals surface area contributed by atoms with E-state index in [1.54, 1.807) is 31.2 Å². The van der Waals surface area contributed by atoms with Crippen molar-refractivity contribution in [3.05, 3.63) is 46.1 Å². The molecular weight excluding hydrogens is 292 g/mol. The predicted molar refractivity (Wildman–Crippen MR) is 79.8 cm³/mol. The van der Waals surface area contributed by atoms with Crippen molar-refractivity contribution in [2.24, 2.45) is 0 Å². The number of amides is 2. The number of benzene rings is 1. The molecule has 21 heavy (non-hydrogen) atoms. The lowest BCUT2D eigenvalue weighted by molar-refractivity contribution is -0.139. The first kappa shape index (κ1) is 15.4. The molecule has 0 aromatic heterocycles. The standard InChI is InChI=1S/C15H17ClN2O3/c1-3-8-21-14(19)12-9(2)17-15(20)18-13(12)10-4-6-11(16)7-5-10/h4-7,13H,3,8H2,1-2H3,(H2,17,18,20)/t13-/m0/s1. The second-order valence-electron chi connectivity index (χ2n) is 4.76. The number of ether oxygens (including phenoxy) is 1. The van der Waals surface area contributed by atoms with Crippen molar-refractivity contribution >= 4 is 23.6 Å². The maximum absolute atomic E-state index is 12.2. The molecule has 0 aliphatic carbocycles. The van der Waals surface area contributed by atoms with E-state index < -0.39 is 12.0 Å². The van der Waals surface area contributed by atoms with Crippen LogP contribution in [0.25, 0.3) is 0 Å². The Hall–Kier alpha value is -2.01. The first-order valence-corrected chi connectivity index (χ1v) is 7.11. The third kappa shape index (κ3) is 3.55. The number of esters is 1. The second-order valence-corrected chi connectivity index (χ2v) is 5.19. The summed E-state index contributed by atoms with van der Waals surface area (Å²) < 4.78 is 5.20. The quantitative estimate of drug-likeness (QED) is 0.840. The van der Waals surface area contributed by atoms with Crippen molar-refractivity contribution in [2.45, 2.75) is 26.3 Å². The molecule has 112 valence electrons. The van der Waals surface area contributed by atoms with Crippen LogP contribution in [-0.4, -0.2) is 18.6 Å². The summed E-state index contributed by atoms with van der Waals surface area (Å²) in [6.07, 6.45) is 0.740. The highest BCUT2D eigenvalue weighted by molar-refractivity contribution is 6.30. The van der Waals surface area contributed by atoms with Crippen molar-refractivity contribution in [2.75, 3.05) is 6.61 Å². The Bertz CT molecular complexity index is 581. The Morgan fingerprint density at radius 1 is 1.33 bits per heavy atom. The van der Waals surface area contributed by atoms with Crippen LogP contribution in [0.1, 0.15) is 31.9 Å². The number of allylic oxidation sites excluding steroid dienone is 1. The van der Waals surface area contributed by atoms with Crippen molar-refractivity contribution in [1.82, 2.24) is 10.6 Å². The fraction of sp³-hybridized carbons (Fsp3) is 0.333. The SMILES string of the molecule is CCCOC(=O)C1=C(C)NC(=O)N[C@H]1c1ccc(Cl)cc1. The van der Waals surface area contributed by atoms with Gasteiger partial charge in [-0.2, -0.15) is 0 Å². The molecule has 0 spiro atoms. The van der Waals surface area contributed by atoms with Crippen LogP contribution in [0.3, 0.4) is 0 Å². The van der Waals surface area contributed by atoms with Gasteiger partial charge in [0, 0.05) is 10.7 Å². The lowest BCUT2D eigenvalue weighted by Gasteiger charge is -2.28. The minimum absolute atomic E-state index is 0.344. The first-order valence-electron chi connectivity index (χ1n) is 6.73. The highest BCUT2D eigenvalue weighted by Crippen LogP contribution is 2.28. The number of halogens is 1. The summed E-state index contributed by atoms with van der Waals surface area (Å²) in [7, 11) is 0. The molecule has 1 aromatic rings. The van der Waals surface area contributed by atoms with Gasteiger partial charge in [0.25, 0.3) is 0 Å². The van der Waals surface area contributed by atoms with E-state index in [1.165, 1.54) is 0 Å². The molecule has 1 heterocycles. The van der Waals surface area contributed by atoms with Gasteiger partial charge >= 0.3 is 12.0 Å². The molecule has 0 unspecified atom stereocenters. The zero-order chi connectivity index (χ0) is 15.4. The van der Waals surface area contributed by atoms with Gasteiger partial charge in [-0.25, -0.2) is 9.59 Å². The van der Waals surface area contributed by atoms with Crippen LogP contribution in [0.4, 0.5) is 4.79 Å². The second kappa shape index (κ2) is 6.63. The van der Waals surface area contributed by atoms with E-state index in [0.717, 1.165) is 12.0 Å². The summed E-state index contributed by atoms with van der Waals surface area (Å²) in [5.74, 6) is -0.429. The maximum atomic E-state index is 12.2. The number of hydrogen-bond donors (Lipinski definition) is 2. The van der Waals surface area contributed by atoms with Crippen LogP contribution in [0.2, 0.25) is 5.02 Å². The van der Waals surface area contributed by atoms with Gasteiger partial charge in [-0.15, -0.1) is 0 Å². The van der Waals surface area contributed by atoms with E-state index in [9.17, 15) is 9.59 Å². The molecule has 2 amide bonds. The van der Waals surface area contributed by atoms with E-state index in [4.69, 9.17) is 16.3 Å². The lowest BCUT2D eigenvalue weighted by Crippen LogP contribution is -2.45. The van der Waals surface area contributed by atoms with Crippen molar-refractivity contribution in [1.29, 1.82) is 0 Å². The molecule has 1 aromatic carbocycles. The van der Waals surface area contributed by atoms with Crippen LogP contribution in [0, 0.1) is 0 Å². The molecule has 0 saturated carbocycles. The summed E-state index contributed by atoms with van der Waals surface area (Å²) in [5, 5.41) is 5.93.